The molecule has 3 N–H and O–H groups in total. The first-order valence-electron chi connectivity index (χ1n) is 15.5. The maximum absolute atomic E-state index is 13.9. The number of hydrogen-bond donors (Lipinski definition) is 3. The zero-order valence-corrected chi connectivity index (χ0v) is 27.8. The van der Waals surface area contributed by atoms with Crippen LogP contribution in [0.2, 0.25) is 0 Å². The van der Waals surface area contributed by atoms with E-state index in [-0.39, 0.29) is 30.1 Å². The molecule has 1 aliphatic carbocycles. The summed E-state index contributed by atoms with van der Waals surface area (Å²) in [6.07, 6.45) is 4.96. The molecule has 1 saturated carbocycles. The highest BCUT2D eigenvalue weighted by Gasteiger charge is 2.41. The third-order valence-electron chi connectivity index (χ3n) is 6.50. The summed E-state index contributed by atoms with van der Waals surface area (Å²) in [5.41, 5.74) is 1.06. The third kappa shape index (κ3) is 16.7. The number of nitrogens with zero attached hydrogens (tertiary/aromatic N) is 2. The quantitative estimate of drug-likeness (QED) is 0.279. The first kappa shape index (κ1) is 39.7. The fourth-order valence-corrected chi connectivity index (χ4v) is 4.28. The van der Waals surface area contributed by atoms with Crippen molar-refractivity contribution in [1.29, 1.82) is 5.26 Å². The van der Waals surface area contributed by atoms with E-state index in [9.17, 15) is 28.0 Å². The van der Waals surface area contributed by atoms with Crippen LogP contribution in [-0.2, 0) is 25.1 Å². The van der Waals surface area contributed by atoms with Crippen LogP contribution in [-0.4, -0.2) is 54.7 Å². The Morgan fingerprint density at radius 2 is 1.54 bits per heavy atom. The average molecular weight is 642 g/mol. The molecule has 1 heterocycles. The lowest BCUT2D eigenvalue weighted by atomic mass is 10.0. The van der Waals surface area contributed by atoms with Crippen LogP contribution in [0.3, 0.4) is 0 Å². The first-order valence-corrected chi connectivity index (χ1v) is 15.5. The molecule has 46 heavy (non-hydrogen) atoms. The van der Waals surface area contributed by atoms with E-state index in [1.807, 2.05) is 37.3 Å². The normalized spacial score (nSPS) is 17.5. The Balaban J connectivity index is 0.000000335. The van der Waals surface area contributed by atoms with E-state index < -0.39 is 11.8 Å². The molecule has 4 rings (SSSR count). The number of para-hydroxylation sites is 1. The Hall–Kier alpha value is -4.33. The lowest BCUT2D eigenvalue weighted by Gasteiger charge is -2.20. The zero-order valence-electron chi connectivity index (χ0n) is 27.8. The summed E-state index contributed by atoms with van der Waals surface area (Å²) in [5.74, 6) is -3.89. The second kappa shape index (κ2) is 19.9. The van der Waals surface area contributed by atoms with Crippen molar-refractivity contribution in [3.63, 3.8) is 0 Å². The standard InChI is InChI=1S/C14H17F2NO.C9H13N3O2.C7H7NO.C5H12/c1-10(9-11-7-8-11)17-13(18)14(15,16)12-5-3-2-4-6-12;1-7-2-8(3-10)12(5-7)9(14)4-11-6-13;9-6-8-7-4-2-1-3-5-7;1-5(2,3)4/h2-6,10-11H,7-9H2,1H3,(H,17,18);6-8H,2,4-5H2,1H3,(H,11,13);1-6H,(H,8,9);1-4H3. The van der Waals surface area contributed by atoms with Crippen molar-refractivity contribution in [1.82, 2.24) is 15.5 Å². The maximum atomic E-state index is 13.9. The highest BCUT2D eigenvalue weighted by atomic mass is 19.3. The zero-order chi connectivity index (χ0) is 34.8. The van der Waals surface area contributed by atoms with Crippen molar-refractivity contribution in [2.45, 2.75) is 85.2 Å². The van der Waals surface area contributed by atoms with Crippen molar-refractivity contribution < 1.29 is 28.0 Å². The molecule has 2 aliphatic rings. The number of likely N-dealkylation sites (tertiary alicyclic amines) is 1. The summed E-state index contributed by atoms with van der Waals surface area (Å²) in [5, 5.41) is 16.0. The number of rotatable bonds is 10. The van der Waals surface area contributed by atoms with Gasteiger partial charge in [-0.3, -0.25) is 19.2 Å². The minimum atomic E-state index is -3.46. The van der Waals surface area contributed by atoms with Crippen LogP contribution in [0.25, 0.3) is 0 Å². The van der Waals surface area contributed by atoms with Crippen molar-refractivity contribution in [2.24, 2.45) is 17.3 Å². The van der Waals surface area contributed by atoms with Crippen molar-refractivity contribution >= 4 is 30.3 Å². The molecule has 4 amide bonds. The molecule has 9 nitrogen and oxygen atoms in total. The second-order valence-electron chi connectivity index (χ2n) is 13.2. The number of alkyl halides is 2. The molecule has 0 radical (unpaired) electrons. The van der Waals surface area contributed by atoms with Gasteiger partial charge < -0.3 is 20.9 Å². The van der Waals surface area contributed by atoms with E-state index in [1.54, 1.807) is 13.0 Å². The van der Waals surface area contributed by atoms with E-state index in [1.165, 1.54) is 29.2 Å². The van der Waals surface area contributed by atoms with Gasteiger partial charge in [-0.05, 0) is 49.1 Å². The van der Waals surface area contributed by atoms with Crippen molar-refractivity contribution in [3.8, 4) is 6.07 Å². The maximum Gasteiger partial charge on any atom is 0.349 e. The molecule has 0 spiro atoms. The van der Waals surface area contributed by atoms with Gasteiger partial charge in [-0.2, -0.15) is 14.0 Å². The fourth-order valence-electron chi connectivity index (χ4n) is 4.28. The number of halogens is 2. The average Bonchev–Trinajstić information content (AvgIpc) is 3.73. The Morgan fingerprint density at radius 1 is 1.00 bits per heavy atom. The van der Waals surface area contributed by atoms with Gasteiger partial charge in [-0.25, -0.2) is 0 Å². The summed E-state index contributed by atoms with van der Waals surface area (Å²) in [6.45, 7) is 13.1. The number of amides is 4. The van der Waals surface area contributed by atoms with Gasteiger partial charge in [-0.1, -0.05) is 96.0 Å². The number of carbonyl (C=O) groups is 4. The van der Waals surface area contributed by atoms with Crippen LogP contribution in [0.15, 0.2) is 60.7 Å². The largest absolute Gasteiger partial charge is 0.350 e. The van der Waals surface area contributed by atoms with Gasteiger partial charge in [0.1, 0.15) is 6.04 Å². The van der Waals surface area contributed by atoms with Crippen LogP contribution < -0.4 is 16.0 Å². The number of nitrogens with one attached hydrogen (secondary N) is 3. The van der Waals surface area contributed by atoms with E-state index in [0.717, 1.165) is 31.4 Å². The Morgan fingerprint density at radius 3 is 2.02 bits per heavy atom. The number of benzene rings is 2. The van der Waals surface area contributed by atoms with Gasteiger partial charge in [0.05, 0.1) is 12.6 Å². The SMILES string of the molecule is CC(C)(C)C.CC(CC1CC1)NC(=O)C(F)(F)c1ccccc1.CC1CC(C#N)N(C(=O)CNC=O)C1.O=CNc1ccccc1. The summed E-state index contributed by atoms with van der Waals surface area (Å²) in [6, 6.07) is 18.0. The number of carbonyl (C=O) groups excluding carboxylic acids is 4. The molecule has 3 unspecified atom stereocenters. The number of hydrogen-bond acceptors (Lipinski definition) is 5. The van der Waals surface area contributed by atoms with Crippen molar-refractivity contribution in [3.05, 3.63) is 66.2 Å². The second-order valence-corrected chi connectivity index (χ2v) is 13.2. The number of anilines is 1. The van der Waals surface area contributed by atoms with Gasteiger partial charge in [0.15, 0.2) is 0 Å². The smallest absolute Gasteiger partial charge is 0.349 e. The molecule has 0 bridgehead atoms. The van der Waals surface area contributed by atoms with Crippen LogP contribution in [0, 0.1) is 28.6 Å². The lowest BCUT2D eigenvalue weighted by molar-refractivity contribution is -0.147. The van der Waals surface area contributed by atoms with Gasteiger partial charge >= 0.3 is 5.92 Å². The minimum absolute atomic E-state index is 0.0194. The van der Waals surface area contributed by atoms with E-state index in [4.69, 9.17) is 5.26 Å². The van der Waals surface area contributed by atoms with E-state index in [2.05, 4.69) is 49.7 Å². The van der Waals surface area contributed by atoms with Gasteiger partial charge in [0.25, 0.3) is 5.91 Å². The van der Waals surface area contributed by atoms with Crippen LogP contribution in [0.1, 0.15) is 72.8 Å². The van der Waals surface area contributed by atoms with Crippen LogP contribution >= 0.6 is 0 Å². The summed E-state index contributed by atoms with van der Waals surface area (Å²) in [4.78, 5) is 44.5. The third-order valence-corrected chi connectivity index (χ3v) is 6.50. The Kier molecular flexibility index (Phi) is 17.2. The molecular weight excluding hydrogens is 592 g/mol. The molecule has 2 fully saturated rings. The van der Waals surface area contributed by atoms with Crippen molar-refractivity contribution in [2.75, 3.05) is 18.4 Å². The molecule has 1 aliphatic heterocycles. The molecule has 2 aromatic rings. The predicted octanol–water partition coefficient (Wildman–Crippen LogP) is 5.88. The monoisotopic (exact) mass is 641 g/mol. The highest BCUT2D eigenvalue weighted by molar-refractivity contribution is 5.85. The van der Waals surface area contributed by atoms with Gasteiger partial charge in [0, 0.05) is 23.8 Å². The molecule has 11 heteroatoms. The molecule has 3 atom stereocenters. The molecule has 0 aromatic heterocycles. The molecule has 252 valence electrons. The number of nitriles is 1. The summed E-state index contributed by atoms with van der Waals surface area (Å²) < 4.78 is 27.7. The molecule has 2 aromatic carbocycles. The fraction of sp³-hybridized carbons (Fsp3) is 0.514. The van der Waals surface area contributed by atoms with E-state index >= 15 is 0 Å². The van der Waals surface area contributed by atoms with Crippen LogP contribution in [0.4, 0.5) is 14.5 Å². The first-order chi connectivity index (χ1) is 21.6. The predicted molar refractivity (Wildman–Crippen MR) is 176 cm³/mol. The topological polar surface area (TPSA) is 131 Å². The Bertz CT molecular complexity index is 1240. The summed E-state index contributed by atoms with van der Waals surface area (Å²) >= 11 is 0. The lowest BCUT2D eigenvalue weighted by Crippen LogP contribution is -2.42. The Labute approximate surface area is 272 Å². The van der Waals surface area contributed by atoms with Gasteiger partial charge in [-0.15, -0.1) is 0 Å². The molecular formula is C35H49F2N5O4. The van der Waals surface area contributed by atoms with Crippen LogP contribution in [0.5, 0.6) is 0 Å². The highest BCUT2D eigenvalue weighted by Crippen LogP contribution is 2.34. The minimum Gasteiger partial charge on any atom is -0.350 e. The van der Waals surface area contributed by atoms with Gasteiger partial charge in [0.2, 0.25) is 18.7 Å². The molecule has 1 saturated heterocycles. The summed E-state index contributed by atoms with van der Waals surface area (Å²) in [7, 11) is 0. The van der Waals surface area contributed by atoms with E-state index in [0.29, 0.717) is 36.6 Å².